The third-order valence-electron chi connectivity index (χ3n) is 2.67. The van der Waals surface area contributed by atoms with Crippen molar-refractivity contribution in [3.63, 3.8) is 0 Å². The topological polar surface area (TPSA) is 88.4 Å². The smallest absolute Gasteiger partial charge is 0.350 e. The third kappa shape index (κ3) is 3.18. The largest absolute Gasteiger partial charge is 0.419 e. The Balaban J connectivity index is 2.29. The lowest BCUT2D eigenvalue weighted by molar-refractivity contribution is -0.222. The Morgan fingerprint density at radius 2 is 1.91 bits per heavy atom. The molecule has 6 nitrogen and oxygen atoms in total. The molecule has 1 aliphatic heterocycles. The Morgan fingerprint density at radius 1 is 1.32 bits per heavy atom. The summed E-state index contributed by atoms with van der Waals surface area (Å²) in [4.78, 5) is 23.5. The number of hydrogen-bond acceptors (Lipinski definition) is 6. The van der Waals surface area contributed by atoms with Crippen LogP contribution in [0.5, 0.6) is 0 Å². The summed E-state index contributed by atoms with van der Waals surface area (Å²) < 4.78 is 23.2. The summed E-state index contributed by atoms with van der Waals surface area (Å²) >= 11 is 5.57. The molecule has 1 aromatic rings. The van der Waals surface area contributed by atoms with Crippen LogP contribution in [-0.2, 0) is 19.1 Å². The van der Waals surface area contributed by atoms with Crippen molar-refractivity contribution in [1.29, 1.82) is 5.26 Å². The van der Waals surface area contributed by atoms with Gasteiger partial charge in [0, 0.05) is 26.1 Å². The van der Waals surface area contributed by atoms with Gasteiger partial charge in [0.05, 0.1) is 16.3 Å². The summed E-state index contributed by atoms with van der Waals surface area (Å²) in [6.45, 7) is 2.82. The molecule has 1 saturated heterocycles. The molecule has 2 rings (SSSR count). The molecule has 1 N–H and O–H groups in total. The number of esters is 2. The van der Waals surface area contributed by atoms with Crippen LogP contribution in [0.25, 0.3) is 0 Å². The minimum atomic E-state index is -1.35. The number of nitrogens with one attached hydrogen (secondary N) is 1. The molecule has 1 aromatic carbocycles. The van der Waals surface area contributed by atoms with E-state index in [-0.39, 0.29) is 16.3 Å². The van der Waals surface area contributed by atoms with Gasteiger partial charge in [-0.3, -0.25) is 0 Å². The van der Waals surface area contributed by atoms with E-state index in [1.54, 1.807) is 0 Å². The van der Waals surface area contributed by atoms with E-state index in [2.05, 4.69) is 5.32 Å². The SMILES string of the molecule is CC1(C)OC(=O)C(=CNc2cc(F)c(Cl)cc2C#N)C(=O)O1. The molecule has 0 radical (unpaired) electrons. The number of carbonyl (C=O) groups excluding carboxylic acids is 2. The second-order valence-corrected chi connectivity index (χ2v) is 5.21. The number of ether oxygens (including phenoxy) is 2. The van der Waals surface area contributed by atoms with Gasteiger partial charge in [0.1, 0.15) is 11.9 Å². The maximum Gasteiger partial charge on any atom is 0.350 e. The van der Waals surface area contributed by atoms with Crippen LogP contribution in [0.3, 0.4) is 0 Å². The molecule has 0 amide bonds. The molecule has 1 heterocycles. The summed E-state index contributed by atoms with van der Waals surface area (Å²) in [5.41, 5.74) is -0.318. The molecule has 0 bridgehead atoms. The minimum absolute atomic E-state index is 0.0427. The lowest BCUT2D eigenvalue weighted by Gasteiger charge is -2.29. The highest BCUT2D eigenvalue weighted by molar-refractivity contribution is 6.31. The molecule has 0 aromatic heterocycles. The zero-order chi connectivity index (χ0) is 16.5. The number of nitriles is 1. The van der Waals surface area contributed by atoms with Gasteiger partial charge in [0.2, 0.25) is 0 Å². The molecular formula is C14H10ClFN2O4. The molecule has 8 heteroatoms. The normalized spacial score (nSPS) is 16.4. The van der Waals surface area contributed by atoms with Crippen molar-refractivity contribution in [2.24, 2.45) is 0 Å². The molecule has 0 saturated carbocycles. The number of halogens is 2. The number of cyclic esters (lactones) is 2. The van der Waals surface area contributed by atoms with E-state index in [0.29, 0.717) is 0 Å². The Morgan fingerprint density at radius 3 is 2.45 bits per heavy atom. The van der Waals surface area contributed by atoms with Gasteiger partial charge in [-0.2, -0.15) is 5.26 Å². The van der Waals surface area contributed by atoms with Gasteiger partial charge in [-0.15, -0.1) is 0 Å². The lowest BCUT2D eigenvalue weighted by atomic mass is 10.2. The average molecular weight is 325 g/mol. The van der Waals surface area contributed by atoms with E-state index in [4.69, 9.17) is 26.3 Å². The first kappa shape index (κ1) is 15.8. The zero-order valence-electron chi connectivity index (χ0n) is 11.6. The standard InChI is InChI=1S/C14H10ClFN2O4/c1-14(2)21-12(19)8(13(20)22-14)6-18-11-4-10(16)9(15)3-7(11)5-17/h3-4,6,18H,1-2H3. The second-order valence-electron chi connectivity index (χ2n) is 4.80. The average Bonchev–Trinajstić information content (AvgIpc) is 2.40. The predicted molar refractivity (Wildman–Crippen MR) is 74.1 cm³/mol. The van der Waals surface area contributed by atoms with Crippen LogP contribution in [0.4, 0.5) is 10.1 Å². The minimum Gasteiger partial charge on any atom is -0.419 e. The molecule has 22 heavy (non-hydrogen) atoms. The Labute approximate surface area is 130 Å². The molecule has 0 atom stereocenters. The van der Waals surface area contributed by atoms with Crippen LogP contribution in [-0.4, -0.2) is 17.7 Å². The van der Waals surface area contributed by atoms with Gasteiger partial charge in [0.25, 0.3) is 5.79 Å². The summed E-state index contributed by atoms with van der Waals surface area (Å²) in [5.74, 6) is -3.88. The van der Waals surface area contributed by atoms with E-state index in [1.165, 1.54) is 13.8 Å². The highest BCUT2D eigenvalue weighted by atomic mass is 35.5. The fourth-order valence-corrected chi connectivity index (χ4v) is 1.85. The molecular weight excluding hydrogens is 315 g/mol. The number of carbonyl (C=O) groups is 2. The van der Waals surface area contributed by atoms with Gasteiger partial charge in [-0.05, 0) is 6.07 Å². The van der Waals surface area contributed by atoms with E-state index in [0.717, 1.165) is 18.3 Å². The van der Waals surface area contributed by atoms with Gasteiger partial charge in [0.15, 0.2) is 5.57 Å². The van der Waals surface area contributed by atoms with Crippen LogP contribution in [0.2, 0.25) is 5.02 Å². The van der Waals surface area contributed by atoms with Crippen molar-refractivity contribution < 1.29 is 23.5 Å². The van der Waals surface area contributed by atoms with Crippen molar-refractivity contribution in [3.8, 4) is 6.07 Å². The van der Waals surface area contributed by atoms with E-state index < -0.39 is 29.1 Å². The number of hydrogen-bond donors (Lipinski definition) is 1. The van der Waals surface area contributed by atoms with Gasteiger partial charge >= 0.3 is 11.9 Å². The highest BCUT2D eigenvalue weighted by Gasteiger charge is 2.38. The van der Waals surface area contributed by atoms with Crippen LogP contribution in [0, 0.1) is 17.1 Å². The third-order valence-corrected chi connectivity index (χ3v) is 2.96. The Hall–Kier alpha value is -2.59. The number of anilines is 1. The summed E-state index contributed by atoms with van der Waals surface area (Å²) in [7, 11) is 0. The molecule has 0 spiro atoms. The Bertz CT molecular complexity index is 715. The van der Waals surface area contributed by atoms with Crippen molar-refractivity contribution in [3.05, 3.63) is 40.3 Å². The zero-order valence-corrected chi connectivity index (χ0v) is 12.3. The second kappa shape index (κ2) is 5.66. The summed E-state index contributed by atoms with van der Waals surface area (Å²) in [6.07, 6.45) is 0.990. The number of rotatable bonds is 2. The fourth-order valence-electron chi connectivity index (χ4n) is 1.69. The maximum absolute atomic E-state index is 13.4. The summed E-state index contributed by atoms with van der Waals surface area (Å²) in [5, 5.41) is 11.3. The number of nitrogens with zero attached hydrogens (tertiary/aromatic N) is 1. The molecule has 1 fully saturated rings. The predicted octanol–water partition coefficient (Wildman–Crippen LogP) is 2.48. The van der Waals surface area contributed by atoms with Crippen molar-refractivity contribution in [1.82, 2.24) is 0 Å². The number of benzene rings is 1. The first-order chi connectivity index (χ1) is 10.2. The van der Waals surface area contributed by atoms with E-state index in [1.807, 2.05) is 6.07 Å². The van der Waals surface area contributed by atoms with Crippen molar-refractivity contribution in [2.45, 2.75) is 19.6 Å². The molecule has 1 aliphatic rings. The van der Waals surface area contributed by atoms with Gasteiger partial charge < -0.3 is 14.8 Å². The van der Waals surface area contributed by atoms with E-state index >= 15 is 0 Å². The summed E-state index contributed by atoms with van der Waals surface area (Å²) in [6, 6.07) is 3.91. The quantitative estimate of drug-likeness (QED) is 0.511. The van der Waals surface area contributed by atoms with E-state index in [9.17, 15) is 14.0 Å². The van der Waals surface area contributed by atoms with Crippen molar-refractivity contribution >= 4 is 29.2 Å². The van der Waals surface area contributed by atoms with Crippen molar-refractivity contribution in [2.75, 3.05) is 5.32 Å². The molecule has 0 aliphatic carbocycles. The fraction of sp³-hybridized carbons (Fsp3) is 0.214. The van der Waals surface area contributed by atoms with Gasteiger partial charge in [-0.25, -0.2) is 14.0 Å². The van der Waals surface area contributed by atoms with Crippen LogP contribution in [0.15, 0.2) is 23.9 Å². The van der Waals surface area contributed by atoms with Gasteiger partial charge in [-0.1, -0.05) is 11.6 Å². The highest BCUT2D eigenvalue weighted by Crippen LogP contribution is 2.25. The molecule has 114 valence electrons. The van der Waals surface area contributed by atoms with Crippen LogP contribution in [0.1, 0.15) is 19.4 Å². The van der Waals surface area contributed by atoms with Crippen LogP contribution < -0.4 is 5.32 Å². The molecule has 0 unspecified atom stereocenters. The van der Waals surface area contributed by atoms with Crippen LogP contribution >= 0.6 is 11.6 Å². The monoisotopic (exact) mass is 324 g/mol. The first-order valence-electron chi connectivity index (χ1n) is 6.06. The Kier molecular flexibility index (Phi) is 4.06. The maximum atomic E-state index is 13.4. The lowest BCUT2D eigenvalue weighted by Crippen LogP contribution is -2.42. The first-order valence-corrected chi connectivity index (χ1v) is 6.44.